The molecule has 0 fully saturated rings. The molecular weight excluding hydrogens is 588 g/mol. The molecule has 0 heterocycles. The van der Waals surface area contributed by atoms with E-state index in [0.29, 0.717) is 33.8 Å². The summed E-state index contributed by atoms with van der Waals surface area (Å²) in [6.45, 7) is 0. The fourth-order valence-electron chi connectivity index (χ4n) is 5.14. The summed E-state index contributed by atoms with van der Waals surface area (Å²) in [7, 11) is 0. The van der Waals surface area contributed by atoms with Crippen LogP contribution in [0.3, 0.4) is 0 Å². The molecule has 5 heteroatoms. The molecule has 4 aromatic rings. The van der Waals surface area contributed by atoms with Gasteiger partial charge in [0.05, 0.1) is 0 Å². The Morgan fingerprint density at radius 3 is 1.10 bits per heavy atom. The zero-order valence-corrected chi connectivity index (χ0v) is 24.8. The number of allylic oxidation sites excluding steroid dienone is 8. The van der Waals surface area contributed by atoms with Crippen molar-refractivity contribution in [3.8, 4) is 11.5 Å². The molecule has 4 aromatic carbocycles. The number of ketones is 2. The van der Waals surface area contributed by atoms with E-state index in [0.717, 1.165) is 0 Å². The van der Waals surface area contributed by atoms with Gasteiger partial charge in [-0.15, -0.1) is 0 Å². The van der Waals surface area contributed by atoms with Gasteiger partial charge in [0.25, 0.3) is 0 Å². The first-order valence-electron chi connectivity index (χ1n) is 13.6. The molecule has 2 aliphatic rings. The van der Waals surface area contributed by atoms with Crippen molar-refractivity contribution in [2.24, 2.45) is 0 Å². The van der Waals surface area contributed by atoms with Gasteiger partial charge in [-0.2, -0.15) is 0 Å². The average Bonchev–Trinajstić information content (AvgIpc) is 3.78. The standard InChI is InChI=1S/2C13H10O2.2C5H5.Zr/c2*14-12-8-6-11(7-9-12)13(15)10-4-2-1-3-5-10;2*1-2-4-5-3-1;/h2*1-9,14H;2*1-5H;/q;;;;+2/p-2. The van der Waals surface area contributed by atoms with Crippen molar-refractivity contribution in [1.82, 2.24) is 0 Å². The Bertz CT molecular complexity index is 1500. The van der Waals surface area contributed by atoms with Crippen molar-refractivity contribution < 1.29 is 36.4 Å². The Morgan fingerprint density at radius 2 is 0.756 bits per heavy atom. The minimum absolute atomic E-state index is 0.0120. The molecule has 0 saturated carbocycles. The molecule has 0 N–H and O–H groups in total. The molecule has 6 rings (SSSR count). The number of hydrogen-bond acceptors (Lipinski definition) is 4. The van der Waals surface area contributed by atoms with Crippen molar-refractivity contribution in [3.05, 3.63) is 180 Å². The topological polar surface area (TPSA) is 52.6 Å². The summed E-state index contributed by atoms with van der Waals surface area (Å²) in [5, 5.41) is 0. The third-order valence-corrected chi connectivity index (χ3v) is 16.5. The molecule has 200 valence electrons. The number of carbonyl (C=O) groups is 2. The van der Waals surface area contributed by atoms with Crippen LogP contribution in [0, 0.1) is 0 Å². The number of rotatable bonds is 10. The van der Waals surface area contributed by atoms with Crippen LogP contribution in [-0.2, 0) is 21.1 Å². The monoisotopic (exact) mass is 614 g/mol. The summed E-state index contributed by atoms with van der Waals surface area (Å²) in [4.78, 5) is 25.9. The second kappa shape index (κ2) is 12.0. The molecule has 0 aliphatic heterocycles. The fraction of sp³-hybridized carbons (Fsp3) is 0.0556. The van der Waals surface area contributed by atoms with E-state index in [9.17, 15) is 9.59 Å². The van der Waals surface area contributed by atoms with E-state index < -0.39 is 21.1 Å². The Morgan fingerprint density at radius 1 is 0.439 bits per heavy atom. The predicted molar refractivity (Wildman–Crippen MR) is 158 cm³/mol. The fourth-order valence-corrected chi connectivity index (χ4v) is 13.9. The van der Waals surface area contributed by atoms with Gasteiger partial charge < -0.3 is 0 Å². The average molecular weight is 616 g/mol. The van der Waals surface area contributed by atoms with Gasteiger partial charge in [0.15, 0.2) is 0 Å². The maximum atomic E-state index is 13.0. The number of benzene rings is 4. The molecule has 0 spiro atoms. The SMILES string of the molecule is O=C(c1ccccc1)c1ccc([O][Zr]([O]c2ccc(C(=O)c3ccccc3)cc2)([CH]2C=CC=C2)[CH]2C=CC=C2)cc1. The van der Waals surface area contributed by atoms with E-state index >= 15 is 0 Å². The predicted octanol–water partition coefficient (Wildman–Crippen LogP) is 8.42. The van der Waals surface area contributed by atoms with Crippen molar-refractivity contribution in [2.75, 3.05) is 0 Å². The van der Waals surface area contributed by atoms with Crippen molar-refractivity contribution in [3.63, 3.8) is 0 Å². The zero-order valence-electron chi connectivity index (χ0n) is 22.3. The quantitative estimate of drug-likeness (QED) is 0.168. The second-order valence-corrected chi connectivity index (χ2v) is 17.8. The second-order valence-electron chi connectivity index (χ2n) is 9.96. The van der Waals surface area contributed by atoms with Crippen LogP contribution in [0.2, 0.25) is 7.25 Å². The van der Waals surface area contributed by atoms with E-state index in [1.807, 2.05) is 133 Å². The summed E-state index contributed by atoms with van der Waals surface area (Å²) in [5.74, 6) is 1.28. The van der Waals surface area contributed by atoms with Crippen LogP contribution in [0.4, 0.5) is 0 Å². The zero-order chi connectivity index (χ0) is 28.1. The summed E-state index contributed by atoms with van der Waals surface area (Å²) in [5.41, 5.74) is 2.50. The normalized spacial score (nSPS) is 14.4. The van der Waals surface area contributed by atoms with Gasteiger partial charge in [-0.1, -0.05) is 0 Å². The van der Waals surface area contributed by atoms with Crippen LogP contribution < -0.4 is 5.63 Å². The Kier molecular flexibility index (Phi) is 7.89. The molecule has 0 aromatic heterocycles. The van der Waals surface area contributed by atoms with Gasteiger partial charge in [0, 0.05) is 0 Å². The molecule has 0 atom stereocenters. The number of hydrogen-bond donors (Lipinski definition) is 0. The maximum absolute atomic E-state index is 13.0. The molecular formula is C36H28O4Zr. The molecule has 0 unspecified atom stereocenters. The summed E-state index contributed by atoms with van der Waals surface area (Å²) < 4.78 is 14.0. The third-order valence-electron chi connectivity index (χ3n) is 7.28. The van der Waals surface area contributed by atoms with E-state index in [1.165, 1.54) is 0 Å². The van der Waals surface area contributed by atoms with Crippen LogP contribution >= 0.6 is 0 Å². The third kappa shape index (κ3) is 5.77. The summed E-state index contributed by atoms with van der Waals surface area (Å²) in [6, 6.07) is 33.2. The van der Waals surface area contributed by atoms with Crippen LogP contribution in [0.5, 0.6) is 11.5 Å². The van der Waals surface area contributed by atoms with Crippen LogP contribution in [-0.4, -0.2) is 11.6 Å². The van der Waals surface area contributed by atoms with Gasteiger partial charge in [-0.3, -0.25) is 0 Å². The van der Waals surface area contributed by atoms with Crippen LogP contribution in [0.25, 0.3) is 0 Å². The first-order valence-corrected chi connectivity index (χ1v) is 18.4. The minimum atomic E-state index is -4.17. The van der Waals surface area contributed by atoms with E-state index in [4.69, 9.17) is 5.63 Å². The molecule has 0 amide bonds. The van der Waals surface area contributed by atoms with Crippen LogP contribution in [0.15, 0.2) is 158 Å². The van der Waals surface area contributed by atoms with E-state index in [2.05, 4.69) is 24.3 Å². The van der Waals surface area contributed by atoms with E-state index in [1.54, 1.807) is 0 Å². The van der Waals surface area contributed by atoms with Gasteiger partial charge >= 0.3 is 247 Å². The molecule has 0 bridgehead atoms. The van der Waals surface area contributed by atoms with Gasteiger partial charge in [0.2, 0.25) is 0 Å². The van der Waals surface area contributed by atoms with Gasteiger partial charge in [-0.05, 0) is 0 Å². The Labute approximate surface area is 245 Å². The Hall–Kier alpha value is -4.34. The summed E-state index contributed by atoms with van der Waals surface area (Å²) in [6.07, 6.45) is 16.7. The van der Waals surface area contributed by atoms with Crippen molar-refractivity contribution >= 4 is 11.6 Å². The molecule has 4 nitrogen and oxygen atoms in total. The molecule has 2 aliphatic carbocycles. The van der Waals surface area contributed by atoms with Crippen molar-refractivity contribution in [1.29, 1.82) is 0 Å². The van der Waals surface area contributed by atoms with Gasteiger partial charge in [-0.25, -0.2) is 0 Å². The van der Waals surface area contributed by atoms with Crippen molar-refractivity contribution in [2.45, 2.75) is 7.25 Å². The van der Waals surface area contributed by atoms with Crippen LogP contribution in [0.1, 0.15) is 31.8 Å². The molecule has 41 heavy (non-hydrogen) atoms. The summed E-state index contributed by atoms with van der Waals surface area (Å²) >= 11 is -4.17. The first-order chi connectivity index (χ1) is 20.1. The first kappa shape index (κ1) is 26.9. The number of carbonyl (C=O) groups excluding carboxylic acids is 2. The molecule has 0 saturated heterocycles. The van der Waals surface area contributed by atoms with Gasteiger partial charge in [0.1, 0.15) is 0 Å². The Balaban J connectivity index is 1.30. The molecule has 0 radical (unpaired) electrons. The van der Waals surface area contributed by atoms with E-state index in [-0.39, 0.29) is 18.8 Å².